The largest absolute Gasteiger partial charge is 0.467 e. The molecular weight excluding hydrogens is 430 g/mol. The van der Waals surface area contributed by atoms with E-state index >= 15 is 0 Å². The van der Waals surface area contributed by atoms with Gasteiger partial charge >= 0.3 is 12.0 Å². The highest BCUT2D eigenvalue weighted by Gasteiger charge is 2.27. The molecule has 0 bridgehead atoms. The number of nitrogens with zero attached hydrogens (tertiary/aromatic N) is 1. The van der Waals surface area contributed by atoms with Gasteiger partial charge in [0.2, 0.25) is 0 Å². The number of amides is 2. The van der Waals surface area contributed by atoms with Gasteiger partial charge in [-0.05, 0) is 78.5 Å². The van der Waals surface area contributed by atoms with Crippen molar-refractivity contribution < 1.29 is 14.3 Å². The highest BCUT2D eigenvalue weighted by Crippen LogP contribution is 2.38. The smallest absolute Gasteiger partial charge is 0.328 e. The molecule has 0 radical (unpaired) electrons. The normalized spacial score (nSPS) is 14.7. The number of aryl methyl sites for hydroxylation is 2. The predicted octanol–water partition coefficient (Wildman–Crippen LogP) is 4.04. The van der Waals surface area contributed by atoms with Crippen molar-refractivity contribution in [2.45, 2.75) is 51.0 Å². The lowest BCUT2D eigenvalue weighted by atomic mass is 9.99. The number of carbonyl (C=O) groups is 2. The number of esters is 1. The van der Waals surface area contributed by atoms with Crippen LogP contribution in [0.25, 0.3) is 0 Å². The van der Waals surface area contributed by atoms with Crippen LogP contribution in [0.2, 0.25) is 0 Å². The number of ether oxygens (including phenoxy) is 1. The quantitative estimate of drug-likeness (QED) is 0.399. The summed E-state index contributed by atoms with van der Waals surface area (Å²) in [6.07, 6.45) is 8.35. The van der Waals surface area contributed by atoms with Crippen molar-refractivity contribution in [1.29, 1.82) is 0 Å². The number of hydrogen-bond acceptors (Lipinski definition) is 5. The van der Waals surface area contributed by atoms with Gasteiger partial charge in [-0.2, -0.15) is 5.10 Å². The maximum Gasteiger partial charge on any atom is 0.328 e. The number of methoxy groups -OCH3 is 1. The number of benzene rings is 2. The number of hydrogen-bond donors (Lipinski definition) is 4. The molecule has 1 atom stereocenters. The summed E-state index contributed by atoms with van der Waals surface area (Å²) in [6.45, 7) is 0. The molecule has 3 aromatic rings. The van der Waals surface area contributed by atoms with Gasteiger partial charge in [-0.3, -0.25) is 5.10 Å². The van der Waals surface area contributed by atoms with Crippen LogP contribution in [0.5, 0.6) is 0 Å². The fraction of sp³-hybridized carbons (Fsp3) is 0.346. The summed E-state index contributed by atoms with van der Waals surface area (Å²) < 4.78 is 4.99. The van der Waals surface area contributed by atoms with Gasteiger partial charge in [-0.15, -0.1) is 0 Å². The molecule has 4 N–H and O–H groups in total. The Morgan fingerprint density at radius 3 is 2.50 bits per heavy atom. The molecule has 0 unspecified atom stereocenters. The molecule has 2 amide bonds. The number of aromatic nitrogens is 2. The molecule has 2 aromatic carbocycles. The van der Waals surface area contributed by atoms with Crippen LogP contribution < -0.4 is 16.0 Å². The Morgan fingerprint density at radius 2 is 1.82 bits per heavy atom. The second kappa shape index (κ2) is 9.59. The molecule has 0 fully saturated rings. The number of aromatic amines is 1. The Morgan fingerprint density at radius 1 is 1.06 bits per heavy atom. The summed E-state index contributed by atoms with van der Waals surface area (Å²) >= 11 is 0. The van der Waals surface area contributed by atoms with Crippen LogP contribution in [0, 0.1) is 0 Å². The van der Waals surface area contributed by atoms with Crippen molar-refractivity contribution in [3.63, 3.8) is 0 Å². The Labute approximate surface area is 198 Å². The van der Waals surface area contributed by atoms with Crippen LogP contribution in [-0.4, -0.2) is 35.3 Å². The Kier molecular flexibility index (Phi) is 6.20. The van der Waals surface area contributed by atoms with E-state index in [1.165, 1.54) is 29.4 Å². The minimum Gasteiger partial charge on any atom is -0.467 e. The Hall–Kier alpha value is -3.81. The molecule has 34 heavy (non-hydrogen) atoms. The highest BCUT2D eigenvalue weighted by atomic mass is 16.5. The minimum absolute atomic E-state index is 0.307. The number of H-pyrrole nitrogens is 1. The number of nitrogens with one attached hydrogen (secondary N) is 4. The van der Waals surface area contributed by atoms with E-state index in [-0.39, 0.29) is 6.03 Å². The Bertz CT molecular complexity index is 1170. The first-order chi connectivity index (χ1) is 16.6. The zero-order valence-corrected chi connectivity index (χ0v) is 19.2. The van der Waals surface area contributed by atoms with Crippen molar-refractivity contribution in [2.75, 3.05) is 17.7 Å². The van der Waals surface area contributed by atoms with E-state index in [2.05, 4.69) is 32.2 Å². The van der Waals surface area contributed by atoms with Crippen LogP contribution in [0.15, 0.2) is 42.6 Å². The van der Waals surface area contributed by atoms with E-state index in [0.29, 0.717) is 12.2 Å². The van der Waals surface area contributed by atoms with Gasteiger partial charge < -0.3 is 20.7 Å². The van der Waals surface area contributed by atoms with E-state index in [1.54, 1.807) is 6.20 Å². The fourth-order valence-electron chi connectivity index (χ4n) is 5.10. The van der Waals surface area contributed by atoms with Gasteiger partial charge in [0.25, 0.3) is 0 Å². The lowest BCUT2D eigenvalue weighted by Crippen LogP contribution is -2.45. The first-order valence-electron chi connectivity index (χ1n) is 11.8. The fourth-order valence-corrected chi connectivity index (χ4v) is 5.10. The number of carbonyl (C=O) groups excluding carboxylic acids is 2. The second-order valence-electron chi connectivity index (χ2n) is 8.90. The van der Waals surface area contributed by atoms with Crippen molar-refractivity contribution in [1.82, 2.24) is 15.5 Å². The summed E-state index contributed by atoms with van der Waals surface area (Å²) in [5, 5.41) is 16.0. The molecule has 0 aliphatic heterocycles. The van der Waals surface area contributed by atoms with Gasteiger partial charge in [0, 0.05) is 30.1 Å². The van der Waals surface area contributed by atoms with Crippen LogP contribution in [0.1, 0.15) is 40.7 Å². The number of fused-ring (bicyclic) bond motifs is 2. The van der Waals surface area contributed by atoms with Crippen molar-refractivity contribution in [3.8, 4) is 0 Å². The Balaban J connectivity index is 1.31. The van der Waals surface area contributed by atoms with Crippen molar-refractivity contribution in [3.05, 3.63) is 70.4 Å². The molecule has 1 heterocycles. The maximum atomic E-state index is 13.1. The molecule has 2 aliphatic rings. The molecular formula is C26H29N5O3. The van der Waals surface area contributed by atoms with E-state index in [1.807, 2.05) is 30.3 Å². The van der Waals surface area contributed by atoms with Crippen molar-refractivity contribution in [2.24, 2.45) is 0 Å². The predicted molar refractivity (Wildman–Crippen MR) is 130 cm³/mol. The average Bonchev–Trinajstić information content (AvgIpc) is 3.60. The molecule has 0 saturated heterocycles. The summed E-state index contributed by atoms with van der Waals surface area (Å²) in [5.74, 6) is 0.214. The van der Waals surface area contributed by atoms with Gasteiger partial charge in [0.15, 0.2) is 5.82 Å². The van der Waals surface area contributed by atoms with Crippen molar-refractivity contribution >= 4 is 29.2 Å². The summed E-state index contributed by atoms with van der Waals surface area (Å²) in [7, 11) is 1.33. The number of anilines is 3. The zero-order chi connectivity index (χ0) is 23.5. The molecule has 0 spiro atoms. The van der Waals surface area contributed by atoms with E-state index < -0.39 is 12.0 Å². The maximum absolute atomic E-state index is 13.1. The molecule has 176 valence electrons. The first-order valence-corrected chi connectivity index (χ1v) is 11.8. The van der Waals surface area contributed by atoms with Crippen LogP contribution in [-0.2, 0) is 41.6 Å². The van der Waals surface area contributed by atoms with E-state index in [4.69, 9.17) is 4.74 Å². The third kappa shape index (κ3) is 4.62. The average molecular weight is 460 g/mol. The zero-order valence-electron chi connectivity index (χ0n) is 19.2. The lowest BCUT2D eigenvalue weighted by Gasteiger charge is -2.20. The van der Waals surface area contributed by atoms with E-state index in [0.717, 1.165) is 55.5 Å². The van der Waals surface area contributed by atoms with Crippen LogP contribution in [0.4, 0.5) is 22.0 Å². The molecule has 8 heteroatoms. The number of urea groups is 1. The van der Waals surface area contributed by atoms with Gasteiger partial charge in [-0.25, -0.2) is 9.59 Å². The topological polar surface area (TPSA) is 108 Å². The SMILES string of the molecule is COC(=O)[C@@H](Cc1cccc(Nc2cc[nH]n2)c1)NC(=O)Nc1c2c(cc3c1CCC3)CCC2. The minimum atomic E-state index is -0.810. The summed E-state index contributed by atoms with van der Waals surface area (Å²) in [4.78, 5) is 25.6. The molecule has 2 aliphatic carbocycles. The lowest BCUT2D eigenvalue weighted by molar-refractivity contribution is -0.142. The number of rotatable bonds is 7. The van der Waals surface area contributed by atoms with Gasteiger partial charge in [0.05, 0.1) is 7.11 Å². The molecule has 5 rings (SSSR count). The molecule has 1 aromatic heterocycles. The van der Waals surface area contributed by atoms with Crippen LogP contribution in [0.3, 0.4) is 0 Å². The standard InChI is InChI=1S/C26H29N5O3/c1-34-25(32)22(14-16-5-2-8-19(13-16)28-23-11-12-27-31-23)29-26(33)30-24-20-9-3-6-17(20)15-18-7-4-10-21(18)24/h2,5,8,11-13,15,22H,3-4,6-7,9-10,14H2,1H3,(H2,27,28,31)(H2,29,30,33)/t22-/m1/s1. The third-order valence-corrected chi connectivity index (χ3v) is 6.64. The first kappa shape index (κ1) is 22.0. The summed E-state index contributed by atoms with van der Waals surface area (Å²) in [6, 6.07) is 10.6. The highest BCUT2D eigenvalue weighted by molar-refractivity contribution is 5.94. The molecule has 8 nitrogen and oxygen atoms in total. The summed E-state index contributed by atoms with van der Waals surface area (Å²) in [5.41, 5.74) is 7.88. The van der Waals surface area contributed by atoms with E-state index in [9.17, 15) is 9.59 Å². The third-order valence-electron chi connectivity index (χ3n) is 6.64. The van der Waals surface area contributed by atoms with Gasteiger partial charge in [-0.1, -0.05) is 18.2 Å². The van der Waals surface area contributed by atoms with Gasteiger partial charge in [0.1, 0.15) is 6.04 Å². The monoisotopic (exact) mass is 459 g/mol. The van der Waals surface area contributed by atoms with Crippen LogP contribution >= 0.6 is 0 Å². The second-order valence-corrected chi connectivity index (χ2v) is 8.90. The molecule has 0 saturated carbocycles.